The van der Waals surface area contributed by atoms with Crippen LogP contribution in [-0.2, 0) is 10.0 Å². The second-order valence-electron chi connectivity index (χ2n) is 5.07. The first-order valence-corrected chi connectivity index (χ1v) is 8.96. The lowest BCUT2D eigenvalue weighted by molar-refractivity contribution is -0.380. The zero-order chi connectivity index (χ0) is 15.7. The van der Waals surface area contributed by atoms with Crippen molar-refractivity contribution in [1.82, 2.24) is 4.98 Å². The molecule has 2 aromatic heterocycles. The number of rotatable bonds is 6. The monoisotopic (exact) mass is 339 g/mol. The van der Waals surface area contributed by atoms with Crippen molar-refractivity contribution in [1.29, 1.82) is 0 Å². The van der Waals surface area contributed by atoms with E-state index in [9.17, 15) is 18.5 Å². The van der Waals surface area contributed by atoms with Crippen LogP contribution >= 0.6 is 11.3 Å². The lowest BCUT2D eigenvalue weighted by Gasteiger charge is -2.23. The van der Waals surface area contributed by atoms with Crippen LogP contribution in [0.25, 0.3) is 0 Å². The van der Waals surface area contributed by atoms with Crippen LogP contribution in [-0.4, -0.2) is 24.9 Å². The van der Waals surface area contributed by atoms with E-state index in [0.29, 0.717) is 18.2 Å². The summed E-state index contributed by atoms with van der Waals surface area (Å²) in [6.07, 6.45) is 5.05. The quantitative estimate of drug-likeness (QED) is 0.596. The molecule has 2 aromatic rings. The Bertz CT molecular complexity index is 785. The van der Waals surface area contributed by atoms with E-state index < -0.39 is 14.9 Å². The topological polar surface area (TPSA) is 93.4 Å². The van der Waals surface area contributed by atoms with Crippen molar-refractivity contribution in [3.63, 3.8) is 0 Å². The lowest BCUT2D eigenvalue weighted by Crippen LogP contribution is -2.32. The van der Waals surface area contributed by atoms with Gasteiger partial charge in [-0.1, -0.05) is 11.3 Å². The highest BCUT2D eigenvalue weighted by Crippen LogP contribution is 2.35. The predicted octanol–water partition coefficient (Wildman–Crippen LogP) is 2.66. The molecule has 2 heterocycles. The maximum Gasteiger partial charge on any atom is 0.325 e. The molecule has 0 aromatic carbocycles. The largest absolute Gasteiger partial charge is 0.325 e. The van der Waals surface area contributed by atoms with Gasteiger partial charge in [-0.3, -0.25) is 19.4 Å². The van der Waals surface area contributed by atoms with E-state index in [0.717, 1.165) is 30.2 Å². The third-order valence-electron chi connectivity index (χ3n) is 3.38. The van der Waals surface area contributed by atoms with Gasteiger partial charge >= 0.3 is 5.00 Å². The Hall–Kier alpha value is -2.00. The molecular formula is C13H13N3O4S2. The van der Waals surface area contributed by atoms with Crippen molar-refractivity contribution in [2.24, 2.45) is 5.92 Å². The predicted molar refractivity (Wildman–Crippen MR) is 82.5 cm³/mol. The molecule has 0 amide bonds. The van der Waals surface area contributed by atoms with Crippen LogP contribution in [0.2, 0.25) is 0 Å². The molecule has 7 nitrogen and oxygen atoms in total. The van der Waals surface area contributed by atoms with Crippen LogP contribution in [0.5, 0.6) is 0 Å². The van der Waals surface area contributed by atoms with Gasteiger partial charge < -0.3 is 0 Å². The Balaban J connectivity index is 1.99. The van der Waals surface area contributed by atoms with Gasteiger partial charge in [0.15, 0.2) is 0 Å². The molecule has 0 unspecified atom stereocenters. The zero-order valence-corrected chi connectivity index (χ0v) is 13.1. The molecule has 9 heteroatoms. The molecule has 3 rings (SSSR count). The highest BCUT2D eigenvalue weighted by molar-refractivity contribution is 7.93. The molecule has 0 saturated heterocycles. The summed E-state index contributed by atoms with van der Waals surface area (Å²) in [7, 11) is -3.82. The van der Waals surface area contributed by atoms with Crippen molar-refractivity contribution in [3.05, 3.63) is 46.1 Å². The van der Waals surface area contributed by atoms with Crippen LogP contribution in [0.4, 0.5) is 10.7 Å². The van der Waals surface area contributed by atoms with E-state index in [1.165, 1.54) is 15.9 Å². The minimum atomic E-state index is -3.82. The number of thiophene rings is 1. The first kappa shape index (κ1) is 14.9. The van der Waals surface area contributed by atoms with Crippen molar-refractivity contribution < 1.29 is 13.3 Å². The molecule has 116 valence electrons. The van der Waals surface area contributed by atoms with Crippen LogP contribution < -0.4 is 4.31 Å². The summed E-state index contributed by atoms with van der Waals surface area (Å²) in [5.41, 5.74) is 0.475. The molecule has 0 radical (unpaired) electrons. The average Bonchev–Trinajstić information content (AvgIpc) is 3.17. The minimum Gasteiger partial charge on any atom is -0.264 e. The van der Waals surface area contributed by atoms with E-state index in [-0.39, 0.29) is 9.90 Å². The van der Waals surface area contributed by atoms with E-state index in [1.807, 2.05) is 0 Å². The van der Waals surface area contributed by atoms with Crippen molar-refractivity contribution in [3.8, 4) is 0 Å². The second-order valence-corrected chi connectivity index (χ2v) is 7.82. The summed E-state index contributed by atoms with van der Waals surface area (Å²) < 4.78 is 26.9. The van der Waals surface area contributed by atoms with Crippen LogP contribution in [0.3, 0.4) is 0 Å². The van der Waals surface area contributed by atoms with Gasteiger partial charge in [0.2, 0.25) is 0 Å². The van der Waals surface area contributed by atoms with Gasteiger partial charge in [0.1, 0.15) is 4.90 Å². The third kappa shape index (κ3) is 2.95. The SMILES string of the molecule is O=[N+]([O-])c1cc(S(=O)(=O)N(CC2CC2)c2cccnc2)cs1. The van der Waals surface area contributed by atoms with E-state index in [4.69, 9.17) is 0 Å². The molecule has 0 aliphatic heterocycles. The maximum absolute atomic E-state index is 12.8. The molecule has 0 atom stereocenters. The van der Waals surface area contributed by atoms with Gasteiger partial charge in [-0.15, -0.1) is 0 Å². The first-order valence-electron chi connectivity index (χ1n) is 6.64. The molecule has 22 heavy (non-hydrogen) atoms. The average molecular weight is 339 g/mol. The number of aromatic nitrogens is 1. The van der Waals surface area contributed by atoms with Crippen LogP contribution in [0, 0.1) is 16.0 Å². The smallest absolute Gasteiger partial charge is 0.264 e. The number of hydrogen-bond acceptors (Lipinski definition) is 6. The standard InChI is InChI=1S/C13H13N3O4S2/c17-16(18)13-6-12(9-21-13)22(19,20)15(8-10-3-4-10)11-2-1-5-14-7-11/h1-2,5-7,9-10H,3-4,8H2. The summed E-state index contributed by atoms with van der Waals surface area (Å²) in [4.78, 5) is 14.1. The fourth-order valence-corrected chi connectivity index (χ4v) is 4.64. The molecule has 0 N–H and O–H groups in total. The summed E-state index contributed by atoms with van der Waals surface area (Å²) in [5.74, 6) is 0.337. The Morgan fingerprint density at radius 2 is 2.23 bits per heavy atom. The number of nitro groups is 1. The van der Waals surface area contributed by atoms with Gasteiger partial charge in [0, 0.05) is 24.2 Å². The van der Waals surface area contributed by atoms with E-state index in [1.54, 1.807) is 18.3 Å². The molecule has 0 bridgehead atoms. The fraction of sp³-hybridized carbons (Fsp3) is 0.308. The number of sulfonamides is 1. The van der Waals surface area contributed by atoms with Gasteiger partial charge in [-0.05, 0) is 30.9 Å². The number of pyridine rings is 1. The molecule has 1 aliphatic carbocycles. The van der Waals surface area contributed by atoms with Crippen LogP contribution in [0.1, 0.15) is 12.8 Å². The summed E-state index contributed by atoms with van der Waals surface area (Å²) in [6.45, 7) is 0.373. The zero-order valence-electron chi connectivity index (χ0n) is 11.5. The highest BCUT2D eigenvalue weighted by Gasteiger charge is 2.33. The number of hydrogen-bond donors (Lipinski definition) is 0. The van der Waals surface area contributed by atoms with Crippen molar-refractivity contribution in [2.75, 3.05) is 10.8 Å². The molecular weight excluding hydrogens is 326 g/mol. The van der Waals surface area contributed by atoms with E-state index >= 15 is 0 Å². The fourth-order valence-electron chi connectivity index (χ4n) is 2.04. The van der Waals surface area contributed by atoms with Gasteiger partial charge in [-0.2, -0.15) is 0 Å². The molecule has 1 fully saturated rings. The number of nitrogens with zero attached hydrogens (tertiary/aromatic N) is 3. The first-order chi connectivity index (χ1) is 10.5. The maximum atomic E-state index is 12.8. The summed E-state index contributed by atoms with van der Waals surface area (Å²) in [5, 5.41) is 11.9. The van der Waals surface area contributed by atoms with Gasteiger partial charge in [0.25, 0.3) is 10.0 Å². The third-order valence-corrected chi connectivity index (χ3v) is 6.19. The Kier molecular flexibility index (Phi) is 3.83. The Morgan fingerprint density at radius 1 is 1.45 bits per heavy atom. The second kappa shape index (κ2) is 5.65. The minimum absolute atomic E-state index is 0.0475. The number of anilines is 1. The Labute approximate surface area is 131 Å². The van der Waals surface area contributed by atoms with Crippen molar-refractivity contribution >= 4 is 32.0 Å². The molecule has 1 aliphatic rings. The summed E-state index contributed by atoms with van der Waals surface area (Å²) >= 11 is 0.811. The summed E-state index contributed by atoms with van der Waals surface area (Å²) in [6, 6.07) is 4.45. The Morgan fingerprint density at radius 3 is 2.77 bits per heavy atom. The lowest BCUT2D eigenvalue weighted by atomic mass is 10.3. The van der Waals surface area contributed by atoms with Crippen molar-refractivity contribution in [2.45, 2.75) is 17.7 Å². The van der Waals surface area contributed by atoms with Gasteiger partial charge in [-0.25, -0.2) is 8.42 Å². The molecule has 0 spiro atoms. The normalized spacial score (nSPS) is 14.7. The van der Waals surface area contributed by atoms with E-state index in [2.05, 4.69) is 4.98 Å². The van der Waals surface area contributed by atoms with Crippen LogP contribution in [0.15, 0.2) is 40.9 Å². The highest BCUT2D eigenvalue weighted by atomic mass is 32.2. The molecule has 1 saturated carbocycles. The van der Waals surface area contributed by atoms with Gasteiger partial charge in [0.05, 0.1) is 16.8 Å².